The maximum atomic E-state index is 12.9. The van der Waals surface area contributed by atoms with Crippen molar-refractivity contribution in [3.63, 3.8) is 0 Å². The Kier molecular flexibility index (Phi) is 6.25. The Balaban J connectivity index is 2.07. The second kappa shape index (κ2) is 8.39. The van der Waals surface area contributed by atoms with Crippen molar-refractivity contribution in [1.82, 2.24) is 4.90 Å². The van der Waals surface area contributed by atoms with Gasteiger partial charge in [-0.1, -0.05) is 12.1 Å². The van der Waals surface area contributed by atoms with Crippen LogP contribution in [0.4, 0.5) is 10.1 Å². The van der Waals surface area contributed by atoms with E-state index in [0.717, 1.165) is 5.56 Å². The van der Waals surface area contributed by atoms with Crippen LogP contribution < -0.4 is 11.1 Å². The van der Waals surface area contributed by atoms with Gasteiger partial charge >= 0.3 is 0 Å². The molecule has 0 fully saturated rings. The number of nitrogens with two attached hydrogens (primary N) is 1. The third-order valence-corrected chi connectivity index (χ3v) is 3.76. The molecule has 0 saturated carbocycles. The zero-order valence-corrected chi connectivity index (χ0v) is 14.3. The molecule has 0 spiro atoms. The average Bonchev–Trinajstić information content (AvgIpc) is 2.61. The van der Waals surface area contributed by atoms with Crippen LogP contribution in [0.15, 0.2) is 48.5 Å². The molecule has 0 unspecified atom stereocenters. The Morgan fingerprint density at radius 1 is 1.08 bits per heavy atom. The van der Waals surface area contributed by atoms with Crippen LogP contribution in [0.3, 0.4) is 0 Å². The van der Waals surface area contributed by atoms with E-state index in [9.17, 15) is 14.0 Å². The van der Waals surface area contributed by atoms with E-state index in [0.29, 0.717) is 17.8 Å². The van der Waals surface area contributed by atoms with Gasteiger partial charge in [0.15, 0.2) is 0 Å². The van der Waals surface area contributed by atoms with Gasteiger partial charge in [0.25, 0.3) is 5.91 Å². The Bertz CT molecular complexity index is 727. The van der Waals surface area contributed by atoms with Crippen molar-refractivity contribution in [2.24, 2.45) is 5.73 Å². The number of nitrogens with zero attached hydrogens (tertiary/aromatic N) is 1. The molecule has 2 amide bonds. The summed E-state index contributed by atoms with van der Waals surface area (Å²) in [6.07, 6.45) is 0. The van der Waals surface area contributed by atoms with Crippen molar-refractivity contribution in [1.29, 1.82) is 0 Å². The van der Waals surface area contributed by atoms with E-state index < -0.39 is 0 Å². The van der Waals surface area contributed by atoms with E-state index in [1.54, 1.807) is 24.3 Å². The molecular weight excluding hydrogens is 321 g/mol. The molecule has 0 aliphatic heterocycles. The molecule has 0 bridgehead atoms. The largest absolute Gasteiger partial charge is 0.327 e. The van der Waals surface area contributed by atoms with Crippen LogP contribution in [0.5, 0.6) is 0 Å². The number of amides is 2. The van der Waals surface area contributed by atoms with E-state index in [-0.39, 0.29) is 30.2 Å². The molecule has 2 aromatic carbocycles. The quantitative estimate of drug-likeness (QED) is 0.847. The number of carbonyl (C=O) groups excluding carboxylic acids is 2. The molecule has 132 valence electrons. The van der Waals surface area contributed by atoms with Gasteiger partial charge in [-0.3, -0.25) is 9.59 Å². The van der Waals surface area contributed by atoms with Crippen LogP contribution in [-0.4, -0.2) is 29.3 Å². The fraction of sp³-hybridized carbons (Fsp3) is 0.263. The maximum absolute atomic E-state index is 12.9. The molecule has 0 aliphatic carbocycles. The molecule has 0 aliphatic rings. The Morgan fingerprint density at radius 3 is 2.20 bits per heavy atom. The number of carbonyl (C=O) groups is 2. The van der Waals surface area contributed by atoms with Crippen LogP contribution in [0, 0.1) is 5.82 Å². The second-order valence-electron chi connectivity index (χ2n) is 5.98. The van der Waals surface area contributed by atoms with Crippen LogP contribution in [0.2, 0.25) is 0 Å². The Hall–Kier alpha value is -2.73. The minimum absolute atomic E-state index is 0.0908. The van der Waals surface area contributed by atoms with Crippen LogP contribution in [0.25, 0.3) is 0 Å². The normalized spacial score (nSPS) is 10.6. The molecular formula is C19H22FN3O2. The lowest BCUT2D eigenvalue weighted by Gasteiger charge is -2.26. The van der Waals surface area contributed by atoms with Crippen LogP contribution >= 0.6 is 0 Å². The number of rotatable bonds is 6. The summed E-state index contributed by atoms with van der Waals surface area (Å²) in [7, 11) is 0. The average molecular weight is 343 g/mol. The summed E-state index contributed by atoms with van der Waals surface area (Å²) in [6.45, 7) is 4.00. The minimum Gasteiger partial charge on any atom is -0.327 e. The first kappa shape index (κ1) is 18.6. The van der Waals surface area contributed by atoms with Crippen LogP contribution in [-0.2, 0) is 11.3 Å². The monoisotopic (exact) mass is 343 g/mol. The minimum atomic E-state index is -0.377. The standard InChI is InChI=1S/C19H22FN3O2/c1-13(2)23(19(25)15-5-3-14(11-21)4-6-15)12-18(24)22-17-9-7-16(20)8-10-17/h3-10,13H,11-12,21H2,1-2H3,(H,22,24). The van der Waals surface area contributed by atoms with Crippen molar-refractivity contribution < 1.29 is 14.0 Å². The molecule has 0 radical (unpaired) electrons. The van der Waals surface area contributed by atoms with E-state index in [4.69, 9.17) is 5.73 Å². The zero-order chi connectivity index (χ0) is 18.4. The number of hydrogen-bond acceptors (Lipinski definition) is 3. The molecule has 3 N–H and O–H groups in total. The predicted molar refractivity (Wildman–Crippen MR) is 95.5 cm³/mol. The van der Waals surface area contributed by atoms with Crippen molar-refractivity contribution >= 4 is 17.5 Å². The summed E-state index contributed by atoms with van der Waals surface area (Å²) in [5.74, 6) is -0.946. The second-order valence-corrected chi connectivity index (χ2v) is 5.98. The van der Waals surface area contributed by atoms with Gasteiger partial charge in [-0.25, -0.2) is 4.39 Å². The van der Waals surface area contributed by atoms with E-state index in [1.165, 1.54) is 29.2 Å². The number of nitrogens with one attached hydrogen (secondary N) is 1. The Labute approximate surface area is 146 Å². The lowest BCUT2D eigenvalue weighted by molar-refractivity contribution is -0.117. The number of hydrogen-bond donors (Lipinski definition) is 2. The molecule has 0 atom stereocenters. The van der Waals surface area contributed by atoms with Crippen molar-refractivity contribution in [2.75, 3.05) is 11.9 Å². The Morgan fingerprint density at radius 2 is 1.68 bits per heavy atom. The highest BCUT2D eigenvalue weighted by molar-refractivity contribution is 5.99. The van der Waals surface area contributed by atoms with E-state index in [2.05, 4.69) is 5.32 Å². The highest BCUT2D eigenvalue weighted by atomic mass is 19.1. The van der Waals surface area contributed by atoms with Gasteiger partial charge in [0.2, 0.25) is 5.91 Å². The molecule has 2 rings (SSSR count). The van der Waals surface area contributed by atoms with Gasteiger partial charge in [0, 0.05) is 23.8 Å². The lowest BCUT2D eigenvalue weighted by atomic mass is 10.1. The first-order chi connectivity index (χ1) is 11.9. The summed E-state index contributed by atoms with van der Waals surface area (Å²) in [4.78, 5) is 26.4. The van der Waals surface area contributed by atoms with Gasteiger partial charge in [-0.2, -0.15) is 0 Å². The van der Waals surface area contributed by atoms with Crippen LogP contribution in [0.1, 0.15) is 29.8 Å². The van der Waals surface area contributed by atoms with Gasteiger partial charge in [0.1, 0.15) is 12.4 Å². The first-order valence-corrected chi connectivity index (χ1v) is 8.06. The lowest BCUT2D eigenvalue weighted by Crippen LogP contribution is -2.42. The van der Waals surface area contributed by atoms with E-state index in [1.807, 2.05) is 13.8 Å². The first-order valence-electron chi connectivity index (χ1n) is 8.06. The number of benzene rings is 2. The third kappa shape index (κ3) is 5.12. The SMILES string of the molecule is CC(C)N(CC(=O)Nc1ccc(F)cc1)C(=O)c1ccc(CN)cc1. The molecule has 2 aromatic rings. The van der Waals surface area contributed by atoms with Crippen molar-refractivity contribution in [2.45, 2.75) is 26.4 Å². The fourth-order valence-electron chi connectivity index (χ4n) is 2.33. The summed E-state index contributed by atoms with van der Waals surface area (Å²) >= 11 is 0. The van der Waals surface area contributed by atoms with Gasteiger partial charge < -0.3 is 16.0 Å². The zero-order valence-electron chi connectivity index (χ0n) is 14.3. The van der Waals surface area contributed by atoms with Gasteiger partial charge in [-0.15, -0.1) is 0 Å². The molecule has 5 nitrogen and oxygen atoms in total. The number of anilines is 1. The molecule has 0 heterocycles. The summed E-state index contributed by atoms with van der Waals surface area (Å²) in [5.41, 5.74) is 7.47. The topological polar surface area (TPSA) is 75.4 Å². The van der Waals surface area contributed by atoms with E-state index >= 15 is 0 Å². The molecule has 0 saturated heterocycles. The van der Waals surface area contributed by atoms with Crippen molar-refractivity contribution in [3.8, 4) is 0 Å². The highest BCUT2D eigenvalue weighted by Crippen LogP contribution is 2.12. The van der Waals surface area contributed by atoms with Gasteiger partial charge in [-0.05, 0) is 55.8 Å². The smallest absolute Gasteiger partial charge is 0.254 e. The molecule has 25 heavy (non-hydrogen) atoms. The third-order valence-electron chi connectivity index (χ3n) is 3.76. The fourth-order valence-corrected chi connectivity index (χ4v) is 2.33. The van der Waals surface area contributed by atoms with Crippen molar-refractivity contribution in [3.05, 3.63) is 65.5 Å². The predicted octanol–water partition coefficient (Wildman–Crippen LogP) is 2.77. The maximum Gasteiger partial charge on any atom is 0.254 e. The molecule has 0 aromatic heterocycles. The van der Waals surface area contributed by atoms with Gasteiger partial charge in [0.05, 0.1) is 0 Å². The summed E-state index contributed by atoms with van der Waals surface area (Å²) in [5, 5.41) is 2.66. The highest BCUT2D eigenvalue weighted by Gasteiger charge is 2.21. The summed E-state index contributed by atoms with van der Waals surface area (Å²) < 4.78 is 12.9. The molecule has 6 heteroatoms. The number of halogens is 1. The summed E-state index contributed by atoms with van der Waals surface area (Å²) in [6, 6.07) is 12.3.